The highest BCUT2D eigenvalue weighted by molar-refractivity contribution is 5.89. The first-order valence-electron chi connectivity index (χ1n) is 7.45. The molecule has 0 aliphatic heterocycles. The van der Waals surface area contributed by atoms with Crippen molar-refractivity contribution in [2.75, 3.05) is 32.6 Å². The number of rotatable bonds is 6. The zero-order chi connectivity index (χ0) is 16.7. The van der Waals surface area contributed by atoms with Crippen LogP contribution in [0.15, 0.2) is 48.5 Å². The second kappa shape index (κ2) is 8.08. The van der Waals surface area contributed by atoms with Crippen LogP contribution in [0.3, 0.4) is 0 Å². The molecule has 2 aromatic carbocycles. The van der Waals surface area contributed by atoms with E-state index in [-0.39, 0.29) is 6.03 Å². The van der Waals surface area contributed by atoms with Crippen LogP contribution in [0.4, 0.5) is 10.5 Å². The normalized spacial score (nSPS) is 10.0. The number of ether oxygens (including phenoxy) is 2. The largest absolute Gasteiger partial charge is 0.497 e. The molecular formula is C18H22N2O3. The van der Waals surface area contributed by atoms with E-state index in [1.54, 1.807) is 25.1 Å². The number of aryl methyl sites for hydroxylation is 1. The SMILES string of the molecule is COc1cccc(NC(=O)N(C)CCOc2ccccc2C)c1. The number of nitrogens with one attached hydrogen (secondary N) is 1. The molecular weight excluding hydrogens is 292 g/mol. The van der Waals surface area contributed by atoms with Gasteiger partial charge in [-0.05, 0) is 30.7 Å². The number of likely N-dealkylation sites (N-methyl/N-ethyl adjacent to an activating group) is 1. The predicted octanol–water partition coefficient (Wildman–Crippen LogP) is 3.55. The number of anilines is 1. The van der Waals surface area contributed by atoms with Crippen LogP contribution >= 0.6 is 0 Å². The van der Waals surface area contributed by atoms with E-state index in [0.29, 0.717) is 24.6 Å². The zero-order valence-corrected chi connectivity index (χ0v) is 13.7. The lowest BCUT2D eigenvalue weighted by molar-refractivity contribution is 0.207. The Labute approximate surface area is 136 Å². The number of urea groups is 1. The van der Waals surface area contributed by atoms with Gasteiger partial charge in [0.05, 0.1) is 13.7 Å². The van der Waals surface area contributed by atoms with Gasteiger partial charge < -0.3 is 19.7 Å². The van der Waals surface area contributed by atoms with Gasteiger partial charge in [0.1, 0.15) is 18.1 Å². The highest BCUT2D eigenvalue weighted by atomic mass is 16.5. The molecule has 0 aliphatic carbocycles. The Balaban J connectivity index is 1.82. The molecule has 0 aliphatic rings. The number of benzene rings is 2. The summed E-state index contributed by atoms with van der Waals surface area (Å²) in [6.07, 6.45) is 0. The van der Waals surface area contributed by atoms with E-state index < -0.39 is 0 Å². The maximum Gasteiger partial charge on any atom is 0.321 e. The molecule has 1 N–H and O–H groups in total. The Morgan fingerprint density at radius 2 is 1.96 bits per heavy atom. The molecule has 5 heteroatoms. The Bertz CT molecular complexity index is 658. The van der Waals surface area contributed by atoms with Gasteiger partial charge in [-0.25, -0.2) is 4.79 Å². The number of amides is 2. The maximum absolute atomic E-state index is 12.1. The summed E-state index contributed by atoms with van der Waals surface area (Å²) in [5.41, 5.74) is 1.78. The minimum Gasteiger partial charge on any atom is -0.497 e. The summed E-state index contributed by atoms with van der Waals surface area (Å²) < 4.78 is 10.8. The van der Waals surface area contributed by atoms with Gasteiger partial charge in [-0.2, -0.15) is 0 Å². The summed E-state index contributed by atoms with van der Waals surface area (Å²) in [6, 6.07) is 14.9. The zero-order valence-electron chi connectivity index (χ0n) is 13.7. The van der Waals surface area contributed by atoms with Crippen molar-refractivity contribution in [3.8, 4) is 11.5 Å². The molecule has 0 saturated heterocycles. The number of methoxy groups -OCH3 is 1. The standard InChI is InChI=1S/C18H22N2O3/c1-14-7-4-5-10-17(14)23-12-11-20(2)18(21)19-15-8-6-9-16(13-15)22-3/h4-10,13H,11-12H2,1-3H3,(H,19,21). The van der Waals surface area contributed by atoms with Crippen molar-refractivity contribution in [3.63, 3.8) is 0 Å². The van der Waals surface area contributed by atoms with Gasteiger partial charge in [0.25, 0.3) is 0 Å². The first kappa shape index (κ1) is 16.7. The third-order valence-corrected chi connectivity index (χ3v) is 3.45. The number of hydrogen-bond donors (Lipinski definition) is 1. The third kappa shape index (κ3) is 4.92. The molecule has 0 unspecified atom stereocenters. The fraction of sp³-hybridized carbons (Fsp3) is 0.278. The van der Waals surface area contributed by atoms with Crippen LogP contribution < -0.4 is 14.8 Å². The molecule has 0 aromatic heterocycles. The van der Waals surface area contributed by atoms with Gasteiger partial charge >= 0.3 is 6.03 Å². The van der Waals surface area contributed by atoms with E-state index in [9.17, 15) is 4.79 Å². The predicted molar refractivity (Wildman–Crippen MR) is 91.3 cm³/mol. The monoisotopic (exact) mass is 314 g/mol. The van der Waals surface area contributed by atoms with E-state index in [0.717, 1.165) is 11.3 Å². The molecule has 2 amide bonds. The van der Waals surface area contributed by atoms with Crippen LogP contribution in [0.5, 0.6) is 11.5 Å². The average molecular weight is 314 g/mol. The molecule has 0 heterocycles. The molecule has 5 nitrogen and oxygen atoms in total. The van der Waals surface area contributed by atoms with E-state index in [4.69, 9.17) is 9.47 Å². The molecule has 0 atom stereocenters. The van der Waals surface area contributed by atoms with E-state index >= 15 is 0 Å². The van der Waals surface area contributed by atoms with Crippen LogP contribution in [-0.2, 0) is 0 Å². The lowest BCUT2D eigenvalue weighted by Gasteiger charge is -2.19. The maximum atomic E-state index is 12.1. The summed E-state index contributed by atoms with van der Waals surface area (Å²) in [7, 11) is 3.33. The van der Waals surface area contributed by atoms with Crippen LogP contribution in [0.25, 0.3) is 0 Å². The first-order chi connectivity index (χ1) is 11.1. The van der Waals surface area contributed by atoms with Crippen molar-refractivity contribution in [2.24, 2.45) is 0 Å². The number of carbonyl (C=O) groups excluding carboxylic acids is 1. The Kier molecular flexibility index (Phi) is 5.86. The van der Waals surface area contributed by atoms with Crippen molar-refractivity contribution in [2.45, 2.75) is 6.92 Å². The minimum absolute atomic E-state index is 0.188. The second-order valence-electron chi connectivity index (χ2n) is 5.20. The molecule has 2 rings (SSSR count). The van der Waals surface area contributed by atoms with Gasteiger partial charge in [-0.3, -0.25) is 0 Å². The van der Waals surface area contributed by atoms with Crippen LogP contribution in [0.1, 0.15) is 5.56 Å². The molecule has 122 valence electrons. The van der Waals surface area contributed by atoms with E-state index in [1.807, 2.05) is 49.4 Å². The number of carbonyl (C=O) groups is 1. The molecule has 0 spiro atoms. The Morgan fingerprint density at radius 3 is 2.70 bits per heavy atom. The molecule has 0 saturated carbocycles. The lowest BCUT2D eigenvalue weighted by atomic mass is 10.2. The molecule has 23 heavy (non-hydrogen) atoms. The van der Waals surface area contributed by atoms with Gasteiger partial charge in [0.2, 0.25) is 0 Å². The summed E-state index contributed by atoms with van der Waals surface area (Å²) >= 11 is 0. The van der Waals surface area contributed by atoms with Crippen molar-refractivity contribution >= 4 is 11.7 Å². The molecule has 0 radical (unpaired) electrons. The second-order valence-corrected chi connectivity index (χ2v) is 5.20. The number of hydrogen-bond acceptors (Lipinski definition) is 3. The van der Waals surface area contributed by atoms with Crippen molar-refractivity contribution in [1.82, 2.24) is 4.90 Å². The number of para-hydroxylation sites is 1. The fourth-order valence-corrected chi connectivity index (χ4v) is 2.03. The van der Waals surface area contributed by atoms with Crippen molar-refractivity contribution in [1.29, 1.82) is 0 Å². The first-order valence-corrected chi connectivity index (χ1v) is 7.45. The third-order valence-electron chi connectivity index (χ3n) is 3.45. The van der Waals surface area contributed by atoms with Gasteiger partial charge in [-0.1, -0.05) is 24.3 Å². The topological polar surface area (TPSA) is 50.8 Å². The summed E-state index contributed by atoms with van der Waals surface area (Å²) in [5, 5.41) is 2.83. The quantitative estimate of drug-likeness (QED) is 0.887. The average Bonchev–Trinajstić information content (AvgIpc) is 2.56. The van der Waals surface area contributed by atoms with Crippen LogP contribution in [-0.4, -0.2) is 38.2 Å². The Morgan fingerprint density at radius 1 is 1.17 bits per heavy atom. The summed E-state index contributed by atoms with van der Waals surface area (Å²) in [4.78, 5) is 13.7. The highest BCUT2D eigenvalue weighted by Gasteiger charge is 2.09. The highest BCUT2D eigenvalue weighted by Crippen LogP contribution is 2.17. The molecule has 0 bridgehead atoms. The van der Waals surface area contributed by atoms with Crippen molar-refractivity contribution < 1.29 is 14.3 Å². The van der Waals surface area contributed by atoms with E-state index in [1.165, 1.54) is 0 Å². The van der Waals surface area contributed by atoms with Gasteiger partial charge in [-0.15, -0.1) is 0 Å². The van der Waals surface area contributed by atoms with Gasteiger partial charge in [0, 0.05) is 18.8 Å². The smallest absolute Gasteiger partial charge is 0.321 e. The number of nitrogens with zero attached hydrogens (tertiary/aromatic N) is 1. The Hall–Kier alpha value is -2.69. The van der Waals surface area contributed by atoms with Crippen LogP contribution in [0.2, 0.25) is 0 Å². The van der Waals surface area contributed by atoms with Crippen molar-refractivity contribution in [3.05, 3.63) is 54.1 Å². The lowest BCUT2D eigenvalue weighted by Crippen LogP contribution is -2.34. The van der Waals surface area contributed by atoms with E-state index in [2.05, 4.69) is 5.32 Å². The van der Waals surface area contributed by atoms with Gasteiger partial charge in [0.15, 0.2) is 0 Å². The molecule has 0 fully saturated rings. The molecule has 2 aromatic rings. The van der Waals surface area contributed by atoms with Crippen LogP contribution in [0, 0.1) is 6.92 Å². The summed E-state index contributed by atoms with van der Waals surface area (Å²) in [6.45, 7) is 2.92. The fourth-order valence-electron chi connectivity index (χ4n) is 2.03. The minimum atomic E-state index is -0.188. The summed E-state index contributed by atoms with van der Waals surface area (Å²) in [5.74, 6) is 1.54.